The molecule has 0 fully saturated rings. The van der Waals surface area contributed by atoms with E-state index in [1.807, 2.05) is 12.1 Å². The maximum atomic E-state index is 6.13. The molecule has 1 heterocycles. The maximum Gasteiger partial charge on any atom is 0.0683 e. The normalized spacial score (nSPS) is 12.7. The zero-order valence-electron chi connectivity index (χ0n) is 9.71. The highest BCUT2D eigenvalue weighted by atomic mass is 79.9. The van der Waals surface area contributed by atoms with Crippen LogP contribution in [0.5, 0.6) is 0 Å². The Morgan fingerprint density at radius 3 is 2.67 bits per heavy atom. The summed E-state index contributed by atoms with van der Waals surface area (Å²) in [4.78, 5) is 1.27. The van der Waals surface area contributed by atoms with E-state index in [2.05, 4.69) is 61.6 Å². The summed E-state index contributed by atoms with van der Waals surface area (Å²) in [7, 11) is 0. The van der Waals surface area contributed by atoms with E-state index in [4.69, 9.17) is 11.6 Å². The van der Waals surface area contributed by atoms with E-state index in [0.717, 1.165) is 20.5 Å². The van der Waals surface area contributed by atoms with Gasteiger partial charge in [0.15, 0.2) is 0 Å². The van der Waals surface area contributed by atoms with Crippen LogP contribution in [0.2, 0.25) is 5.02 Å². The monoisotopic (exact) mass is 407 g/mol. The number of rotatable bonds is 4. The first-order valence-electron chi connectivity index (χ1n) is 5.54. The van der Waals surface area contributed by atoms with E-state index < -0.39 is 0 Å². The molecule has 1 nitrogen and oxygen atoms in total. The summed E-state index contributed by atoms with van der Waals surface area (Å²) in [6, 6.07) is 8.25. The molecule has 0 aliphatic rings. The van der Waals surface area contributed by atoms with Gasteiger partial charge >= 0.3 is 0 Å². The van der Waals surface area contributed by atoms with Gasteiger partial charge in [0, 0.05) is 18.8 Å². The molecule has 0 bridgehead atoms. The summed E-state index contributed by atoms with van der Waals surface area (Å²) in [5.74, 6) is 0. The molecule has 1 unspecified atom stereocenters. The first kappa shape index (κ1) is 14.5. The zero-order valence-corrected chi connectivity index (χ0v) is 14.5. The third-order valence-corrected chi connectivity index (χ3v) is 5.15. The molecule has 0 radical (unpaired) electrons. The number of halogens is 3. The molecule has 1 N–H and O–H groups in total. The fourth-order valence-corrected chi connectivity index (χ4v) is 4.41. The lowest BCUT2D eigenvalue weighted by Gasteiger charge is -2.18. The van der Waals surface area contributed by atoms with Crippen molar-refractivity contribution < 1.29 is 0 Å². The number of nitrogens with one attached hydrogen (secondary N) is 1. The Morgan fingerprint density at radius 2 is 2.11 bits per heavy atom. The minimum Gasteiger partial charge on any atom is -0.306 e. The summed E-state index contributed by atoms with van der Waals surface area (Å²) >= 11 is 15.0. The lowest BCUT2D eigenvalue weighted by molar-refractivity contribution is 0.638. The van der Waals surface area contributed by atoms with Crippen molar-refractivity contribution in [3.8, 4) is 0 Å². The molecule has 18 heavy (non-hydrogen) atoms. The first-order chi connectivity index (χ1) is 8.61. The van der Waals surface area contributed by atoms with Gasteiger partial charge in [-0.05, 0) is 57.7 Å². The van der Waals surface area contributed by atoms with Crippen LogP contribution in [0.15, 0.2) is 38.6 Å². The van der Waals surface area contributed by atoms with Crippen molar-refractivity contribution in [1.29, 1.82) is 0 Å². The van der Waals surface area contributed by atoms with Crippen LogP contribution in [0.3, 0.4) is 0 Å². The second kappa shape index (κ2) is 6.53. The third-order valence-electron chi connectivity index (χ3n) is 2.53. The fourth-order valence-electron chi connectivity index (χ4n) is 1.82. The summed E-state index contributed by atoms with van der Waals surface area (Å²) < 4.78 is 2.13. The molecular weight excluding hydrogens is 397 g/mol. The Bertz CT molecular complexity index is 521. The molecule has 2 aromatic rings. The minimum absolute atomic E-state index is 0.166. The van der Waals surface area contributed by atoms with Gasteiger partial charge in [-0.1, -0.05) is 34.5 Å². The Morgan fingerprint density at radius 1 is 1.33 bits per heavy atom. The van der Waals surface area contributed by atoms with Crippen molar-refractivity contribution in [2.75, 3.05) is 6.54 Å². The second-order valence-electron chi connectivity index (χ2n) is 3.83. The lowest BCUT2D eigenvalue weighted by atomic mass is 10.1. The molecule has 0 spiro atoms. The van der Waals surface area contributed by atoms with Gasteiger partial charge in [0.25, 0.3) is 0 Å². The largest absolute Gasteiger partial charge is 0.306 e. The van der Waals surface area contributed by atoms with Crippen LogP contribution in [0.1, 0.15) is 23.4 Å². The van der Waals surface area contributed by atoms with Gasteiger partial charge in [0.1, 0.15) is 0 Å². The van der Waals surface area contributed by atoms with Gasteiger partial charge in [0.2, 0.25) is 0 Å². The van der Waals surface area contributed by atoms with Crippen molar-refractivity contribution in [1.82, 2.24) is 5.32 Å². The van der Waals surface area contributed by atoms with Crippen LogP contribution in [-0.4, -0.2) is 6.54 Å². The summed E-state index contributed by atoms with van der Waals surface area (Å²) in [6.45, 7) is 3.01. The van der Waals surface area contributed by atoms with Crippen LogP contribution in [0, 0.1) is 0 Å². The Hall–Kier alpha value is 0.130. The van der Waals surface area contributed by atoms with Crippen LogP contribution < -0.4 is 5.32 Å². The van der Waals surface area contributed by atoms with Gasteiger partial charge in [-0.2, -0.15) is 0 Å². The second-order valence-corrected chi connectivity index (χ2v) is 6.98. The van der Waals surface area contributed by atoms with E-state index in [0.29, 0.717) is 0 Å². The number of benzene rings is 1. The average Bonchev–Trinajstić information content (AvgIpc) is 2.71. The molecule has 0 saturated heterocycles. The SMILES string of the molecule is CCNC(c1cc(Cl)cc(Br)c1)c1sccc1Br. The van der Waals surface area contributed by atoms with E-state index in [9.17, 15) is 0 Å². The van der Waals surface area contributed by atoms with Crippen LogP contribution >= 0.6 is 54.8 Å². The predicted octanol–water partition coefficient (Wildman–Crippen LogP) is 5.63. The molecule has 1 aromatic heterocycles. The average molecular weight is 410 g/mol. The quantitative estimate of drug-likeness (QED) is 0.690. The van der Waals surface area contributed by atoms with Crippen molar-refractivity contribution in [2.45, 2.75) is 13.0 Å². The Labute approximate surface area is 133 Å². The topological polar surface area (TPSA) is 12.0 Å². The predicted molar refractivity (Wildman–Crippen MR) is 86.7 cm³/mol. The van der Waals surface area contributed by atoms with E-state index in [-0.39, 0.29) is 6.04 Å². The van der Waals surface area contributed by atoms with Crippen LogP contribution in [0.25, 0.3) is 0 Å². The molecule has 0 aliphatic carbocycles. The Kier molecular flexibility index (Phi) is 5.27. The van der Waals surface area contributed by atoms with Gasteiger partial charge in [0.05, 0.1) is 6.04 Å². The van der Waals surface area contributed by atoms with Crippen molar-refractivity contribution >= 4 is 54.8 Å². The molecule has 5 heteroatoms. The summed E-state index contributed by atoms with van der Waals surface area (Å²) in [5, 5.41) is 6.33. The van der Waals surface area contributed by atoms with Crippen LogP contribution in [0.4, 0.5) is 0 Å². The highest BCUT2D eigenvalue weighted by molar-refractivity contribution is 9.10. The van der Waals surface area contributed by atoms with Gasteiger partial charge < -0.3 is 5.32 Å². The molecular formula is C13H12Br2ClNS. The Balaban J connectivity index is 2.44. The number of hydrogen-bond donors (Lipinski definition) is 1. The van der Waals surface area contributed by atoms with Crippen molar-refractivity contribution in [2.24, 2.45) is 0 Å². The van der Waals surface area contributed by atoms with E-state index in [1.165, 1.54) is 10.4 Å². The van der Waals surface area contributed by atoms with Gasteiger partial charge in [-0.25, -0.2) is 0 Å². The molecule has 0 aliphatic heterocycles. The molecule has 2 rings (SSSR count). The molecule has 1 aromatic carbocycles. The molecule has 1 atom stereocenters. The van der Waals surface area contributed by atoms with Gasteiger partial charge in [-0.15, -0.1) is 11.3 Å². The zero-order chi connectivity index (χ0) is 13.1. The molecule has 0 saturated carbocycles. The highest BCUT2D eigenvalue weighted by Gasteiger charge is 2.18. The standard InChI is InChI=1S/C13H12Br2ClNS/c1-2-17-12(13-11(15)3-4-18-13)8-5-9(14)7-10(16)6-8/h3-7,12,17H,2H2,1H3. The summed E-state index contributed by atoms with van der Waals surface area (Å²) in [5.41, 5.74) is 1.17. The number of thiophene rings is 1. The third kappa shape index (κ3) is 3.36. The highest BCUT2D eigenvalue weighted by Crippen LogP contribution is 2.35. The fraction of sp³-hybridized carbons (Fsp3) is 0.231. The van der Waals surface area contributed by atoms with Crippen molar-refractivity contribution in [3.63, 3.8) is 0 Å². The summed E-state index contributed by atoms with van der Waals surface area (Å²) in [6.07, 6.45) is 0. The van der Waals surface area contributed by atoms with Crippen molar-refractivity contribution in [3.05, 3.63) is 54.1 Å². The van der Waals surface area contributed by atoms with E-state index in [1.54, 1.807) is 11.3 Å². The first-order valence-corrected chi connectivity index (χ1v) is 8.38. The maximum absolute atomic E-state index is 6.13. The smallest absolute Gasteiger partial charge is 0.0683 e. The van der Waals surface area contributed by atoms with E-state index >= 15 is 0 Å². The lowest BCUT2D eigenvalue weighted by Crippen LogP contribution is -2.21. The minimum atomic E-state index is 0.166. The van der Waals surface area contributed by atoms with Crippen LogP contribution in [-0.2, 0) is 0 Å². The molecule has 96 valence electrons. The number of hydrogen-bond acceptors (Lipinski definition) is 2. The molecule has 0 amide bonds. The van der Waals surface area contributed by atoms with Gasteiger partial charge in [-0.3, -0.25) is 0 Å².